The largest absolute Gasteiger partial charge is 0.266 e. The van der Waals surface area contributed by atoms with E-state index in [1.165, 1.54) is 5.57 Å². The van der Waals surface area contributed by atoms with Gasteiger partial charge in [-0.1, -0.05) is 26.0 Å². The van der Waals surface area contributed by atoms with E-state index >= 15 is 0 Å². The van der Waals surface area contributed by atoms with Crippen LogP contribution in [-0.4, -0.2) is 5.71 Å². The van der Waals surface area contributed by atoms with Crippen molar-refractivity contribution in [1.29, 1.82) is 0 Å². The molecule has 0 aliphatic carbocycles. The minimum absolute atomic E-state index is 1.07. The summed E-state index contributed by atoms with van der Waals surface area (Å²) in [5, 5.41) is 0. The highest BCUT2D eigenvalue weighted by molar-refractivity contribution is 5.79. The molecule has 0 saturated carbocycles. The molecule has 0 bridgehead atoms. The Bertz CT molecular complexity index is 171. The zero-order chi connectivity index (χ0) is 8.69. The summed E-state index contributed by atoms with van der Waals surface area (Å²) in [5.74, 6) is 0. The molecule has 0 aromatic rings. The van der Waals surface area contributed by atoms with Crippen molar-refractivity contribution < 1.29 is 0 Å². The predicted octanol–water partition coefficient (Wildman–Crippen LogP) is 3.34. The Morgan fingerprint density at radius 3 is 2.45 bits per heavy atom. The lowest BCUT2D eigenvalue weighted by Crippen LogP contribution is -1.80. The minimum Gasteiger partial charge on any atom is -0.266 e. The van der Waals surface area contributed by atoms with Crippen molar-refractivity contribution in [2.45, 2.75) is 33.6 Å². The summed E-state index contributed by atoms with van der Waals surface area (Å²) in [6.45, 7) is 9.85. The first kappa shape index (κ1) is 10.2. The fourth-order valence-corrected chi connectivity index (χ4v) is 0.720. The Morgan fingerprint density at radius 2 is 2.09 bits per heavy atom. The molecular weight excluding hydrogens is 134 g/mol. The van der Waals surface area contributed by atoms with Gasteiger partial charge in [-0.2, -0.15) is 0 Å². The standard InChI is InChI=1S/C10H17N/c1-5-7-10(6-2)8-11-9(3)4/h6,8H,2,5,7H2,1,3-4H3/b10-8+. The molecular formula is C10H17N. The van der Waals surface area contributed by atoms with Gasteiger partial charge in [0.25, 0.3) is 0 Å². The molecule has 0 saturated heterocycles. The number of hydrogen-bond acceptors (Lipinski definition) is 1. The van der Waals surface area contributed by atoms with Crippen LogP contribution in [0.25, 0.3) is 0 Å². The van der Waals surface area contributed by atoms with Crippen LogP contribution in [0.1, 0.15) is 33.6 Å². The predicted molar refractivity (Wildman–Crippen MR) is 52.0 cm³/mol. The molecule has 0 rings (SSSR count). The van der Waals surface area contributed by atoms with E-state index in [-0.39, 0.29) is 0 Å². The van der Waals surface area contributed by atoms with E-state index < -0.39 is 0 Å². The molecule has 0 atom stereocenters. The molecule has 0 amide bonds. The SMILES string of the molecule is C=C/C(=C\N=C(C)C)CCC. The molecule has 0 aromatic heterocycles. The third kappa shape index (κ3) is 5.59. The zero-order valence-corrected chi connectivity index (χ0v) is 7.72. The van der Waals surface area contributed by atoms with E-state index in [1.54, 1.807) is 0 Å². The summed E-state index contributed by atoms with van der Waals surface area (Å²) in [5.41, 5.74) is 2.30. The second kappa shape index (κ2) is 5.90. The second-order valence-electron chi connectivity index (χ2n) is 2.73. The molecule has 0 spiro atoms. The van der Waals surface area contributed by atoms with Crippen LogP contribution in [0.4, 0.5) is 0 Å². The van der Waals surface area contributed by atoms with E-state index in [4.69, 9.17) is 0 Å². The van der Waals surface area contributed by atoms with Crippen molar-refractivity contribution in [3.63, 3.8) is 0 Å². The lowest BCUT2D eigenvalue weighted by molar-refractivity contribution is 0.923. The summed E-state index contributed by atoms with van der Waals surface area (Å²) < 4.78 is 0. The van der Waals surface area contributed by atoms with Crippen LogP contribution in [0, 0.1) is 0 Å². The second-order valence-corrected chi connectivity index (χ2v) is 2.73. The van der Waals surface area contributed by atoms with Crippen molar-refractivity contribution in [2.75, 3.05) is 0 Å². The van der Waals surface area contributed by atoms with Gasteiger partial charge in [0.1, 0.15) is 0 Å². The fraction of sp³-hybridized carbons (Fsp3) is 0.500. The highest BCUT2D eigenvalue weighted by Crippen LogP contribution is 2.05. The fourth-order valence-electron chi connectivity index (χ4n) is 0.720. The normalized spacial score (nSPS) is 11.0. The van der Waals surface area contributed by atoms with Gasteiger partial charge >= 0.3 is 0 Å². The van der Waals surface area contributed by atoms with Gasteiger partial charge in [0, 0.05) is 11.9 Å². The van der Waals surface area contributed by atoms with Crippen LogP contribution >= 0.6 is 0 Å². The van der Waals surface area contributed by atoms with Crippen LogP contribution in [0.3, 0.4) is 0 Å². The average Bonchev–Trinajstić information content (AvgIpc) is 1.97. The quantitative estimate of drug-likeness (QED) is 0.431. The molecule has 62 valence electrons. The Labute approximate surface area is 69.5 Å². The average molecular weight is 151 g/mol. The topological polar surface area (TPSA) is 12.4 Å². The molecule has 1 heteroatoms. The Morgan fingerprint density at radius 1 is 1.45 bits per heavy atom. The summed E-state index contributed by atoms with van der Waals surface area (Å²) >= 11 is 0. The first-order valence-electron chi connectivity index (χ1n) is 4.03. The summed E-state index contributed by atoms with van der Waals surface area (Å²) in [6.07, 6.45) is 5.98. The molecule has 0 unspecified atom stereocenters. The van der Waals surface area contributed by atoms with Crippen molar-refractivity contribution in [3.8, 4) is 0 Å². The first-order chi connectivity index (χ1) is 5.20. The molecule has 0 N–H and O–H groups in total. The smallest absolute Gasteiger partial charge is 0.0298 e. The van der Waals surface area contributed by atoms with Crippen LogP contribution < -0.4 is 0 Å². The lowest BCUT2D eigenvalue weighted by Gasteiger charge is -1.95. The van der Waals surface area contributed by atoms with E-state index in [1.807, 2.05) is 26.1 Å². The Hall–Kier alpha value is -0.850. The van der Waals surface area contributed by atoms with Gasteiger partial charge in [0.05, 0.1) is 0 Å². The molecule has 0 fully saturated rings. The van der Waals surface area contributed by atoms with E-state index in [9.17, 15) is 0 Å². The molecule has 11 heavy (non-hydrogen) atoms. The van der Waals surface area contributed by atoms with Crippen LogP contribution in [0.2, 0.25) is 0 Å². The van der Waals surface area contributed by atoms with Crippen molar-refractivity contribution in [3.05, 3.63) is 24.4 Å². The van der Waals surface area contributed by atoms with E-state index in [0.717, 1.165) is 18.6 Å². The van der Waals surface area contributed by atoms with E-state index in [2.05, 4.69) is 18.5 Å². The van der Waals surface area contributed by atoms with Crippen molar-refractivity contribution >= 4 is 5.71 Å². The van der Waals surface area contributed by atoms with Crippen molar-refractivity contribution in [2.24, 2.45) is 4.99 Å². The van der Waals surface area contributed by atoms with Gasteiger partial charge in [0.15, 0.2) is 0 Å². The van der Waals surface area contributed by atoms with Crippen LogP contribution in [0.15, 0.2) is 29.4 Å². The molecule has 0 aliphatic rings. The third-order valence-electron chi connectivity index (χ3n) is 1.29. The maximum Gasteiger partial charge on any atom is 0.0298 e. The Balaban J connectivity index is 4.11. The highest BCUT2D eigenvalue weighted by atomic mass is 14.7. The number of rotatable bonds is 4. The van der Waals surface area contributed by atoms with Gasteiger partial charge in [-0.05, 0) is 25.8 Å². The van der Waals surface area contributed by atoms with Gasteiger partial charge in [0.2, 0.25) is 0 Å². The molecule has 0 aliphatic heterocycles. The van der Waals surface area contributed by atoms with Gasteiger partial charge in [-0.3, -0.25) is 4.99 Å². The summed E-state index contributed by atoms with van der Waals surface area (Å²) in [4.78, 5) is 4.20. The molecule has 1 nitrogen and oxygen atoms in total. The number of allylic oxidation sites excluding steroid dienone is 2. The van der Waals surface area contributed by atoms with Crippen molar-refractivity contribution in [1.82, 2.24) is 0 Å². The van der Waals surface area contributed by atoms with Gasteiger partial charge < -0.3 is 0 Å². The maximum atomic E-state index is 4.20. The molecule has 0 aromatic carbocycles. The number of nitrogens with zero attached hydrogens (tertiary/aromatic N) is 1. The summed E-state index contributed by atoms with van der Waals surface area (Å²) in [6, 6.07) is 0. The zero-order valence-electron chi connectivity index (χ0n) is 7.72. The van der Waals surface area contributed by atoms with Gasteiger partial charge in [-0.25, -0.2) is 0 Å². The Kier molecular flexibility index (Phi) is 5.44. The van der Waals surface area contributed by atoms with E-state index in [0.29, 0.717) is 0 Å². The third-order valence-corrected chi connectivity index (χ3v) is 1.29. The van der Waals surface area contributed by atoms with Gasteiger partial charge in [-0.15, -0.1) is 0 Å². The first-order valence-corrected chi connectivity index (χ1v) is 4.03. The number of hydrogen-bond donors (Lipinski definition) is 0. The number of aliphatic imine (C=N–C) groups is 1. The lowest BCUT2D eigenvalue weighted by atomic mass is 10.2. The minimum atomic E-state index is 1.07. The highest BCUT2D eigenvalue weighted by Gasteiger charge is 1.86. The molecule has 0 radical (unpaired) electrons. The van der Waals surface area contributed by atoms with Crippen LogP contribution in [-0.2, 0) is 0 Å². The summed E-state index contributed by atoms with van der Waals surface area (Å²) in [7, 11) is 0. The van der Waals surface area contributed by atoms with Crippen LogP contribution in [0.5, 0.6) is 0 Å². The monoisotopic (exact) mass is 151 g/mol. The maximum absolute atomic E-state index is 4.20. The molecule has 0 heterocycles.